The van der Waals surface area contributed by atoms with Gasteiger partial charge in [0.05, 0.1) is 0 Å². The summed E-state index contributed by atoms with van der Waals surface area (Å²) in [6, 6.07) is 0. The predicted octanol–water partition coefficient (Wildman–Crippen LogP) is 4.27. The Hall–Kier alpha value is -1.45. The van der Waals surface area contributed by atoms with Crippen LogP contribution in [0.2, 0.25) is 0 Å². The van der Waals surface area contributed by atoms with Crippen LogP contribution in [0.15, 0.2) is 11.6 Å². The molecule has 4 nitrogen and oxygen atoms in total. The monoisotopic (exact) mass is 372 g/mol. The Morgan fingerprint density at radius 2 is 1.85 bits per heavy atom. The van der Waals surface area contributed by atoms with Crippen molar-refractivity contribution >= 4 is 17.5 Å². The van der Waals surface area contributed by atoms with Gasteiger partial charge in [-0.25, -0.2) is 0 Å². The molecule has 0 radical (unpaired) electrons. The first-order valence-corrected chi connectivity index (χ1v) is 10.7. The average Bonchev–Trinajstić information content (AvgIpc) is 2.97. The fourth-order valence-electron chi connectivity index (χ4n) is 7.36. The number of ketones is 2. The summed E-state index contributed by atoms with van der Waals surface area (Å²) in [4.78, 5) is 35.8. The molecular weight excluding hydrogens is 340 g/mol. The van der Waals surface area contributed by atoms with Gasteiger partial charge in [-0.05, 0) is 79.6 Å². The summed E-state index contributed by atoms with van der Waals surface area (Å²) in [5.41, 5.74) is 1.61. The van der Waals surface area contributed by atoms with Crippen molar-refractivity contribution < 1.29 is 19.1 Å². The van der Waals surface area contributed by atoms with Crippen LogP contribution in [0.1, 0.15) is 72.1 Å². The molecule has 27 heavy (non-hydrogen) atoms. The van der Waals surface area contributed by atoms with Crippen LogP contribution in [0, 0.1) is 34.5 Å². The maximum absolute atomic E-state index is 12.8. The number of allylic oxidation sites excluding steroid dienone is 1. The smallest absolute Gasteiger partial charge is 0.303 e. The molecule has 4 aliphatic carbocycles. The van der Waals surface area contributed by atoms with Gasteiger partial charge >= 0.3 is 5.97 Å². The largest absolute Gasteiger partial charge is 0.458 e. The normalized spacial score (nSPS) is 43.2. The summed E-state index contributed by atoms with van der Waals surface area (Å²) in [5.74, 6) is 1.95. The molecule has 148 valence electrons. The zero-order valence-electron chi connectivity index (χ0n) is 16.9. The minimum atomic E-state index is -0.377. The fourth-order valence-corrected chi connectivity index (χ4v) is 7.36. The van der Waals surface area contributed by atoms with Crippen LogP contribution in [0.5, 0.6) is 0 Å². The third-order valence-corrected chi connectivity index (χ3v) is 8.77. The molecule has 3 fully saturated rings. The average molecular weight is 373 g/mol. The zero-order chi connectivity index (χ0) is 19.4. The van der Waals surface area contributed by atoms with E-state index in [0.717, 1.165) is 44.9 Å². The van der Waals surface area contributed by atoms with E-state index in [1.54, 1.807) is 0 Å². The summed E-state index contributed by atoms with van der Waals surface area (Å²) in [7, 11) is 0. The molecule has 3 saturated carbocycles. The molecule has 0 unspecified atom stereocenters. The molecule has 0 amide bonds. The minimum absolute atomic E-state index is 0.0282. The van der Waals surface area contributed by atoms with Gasteiger partial charge in [0, 0.05) is 19.3 Å². The van der Waals surface area contributed by atoms with Crippen molar-refractivity contribution in [1.29, 1.82) is 0 Å². The van der Waals surface area contributed by atoms with E-state index < -0.39 is 0 Å². The number of carbonyl (C=O) groups is 3. The second-order valence-corrected chi connectivity index (χ2v) is 9.89. The minimum Gasteiger partial charge on any atom is -0.458 e. The standard InChI is InChI=1S/C23H32O4/c1-14(24)27-13-21(26)20-7-6-18-17-5-4-15-12-16(25)8-10-22(15,2)19(17)9-11-23(18,20)3/h12,17-20H,4-11,13H2,1-3H3/t17-,18-,19-,20+,22+,23-/m1/s1. The lowest BCUT2D eigenvalue weighted by Gasteiger charge is -2.58. The number of rotatable bonds is 3. The summed E-state index contributed by atoms with van der Waals surface area (Å²) in [6.07, 6.45) is 10.1. The molecular formula is C23H32O4. The predicted molar refractivity (Wildman–Crippen MR) is 102 cm³/mol. The van der Waals surface area contributed by atoms with Gasteiger partial charge in [0.25, 0.3) is 0 Å². The van der Waals surface area contributed by atoms with Crippen molar-refractivity contribution in [2.24, 2.45) is 34.5 Å². The van der Waals surface area contributed by atoms with Crippen LogP contribution >= 0.6 is 0 Å². The quantitative estimate of drug-likeness (QED) is 0.694. The van der Waals surface area contributed by atoms with Crippen LogP contribution in [-0.2, 0) is 19.1 Å². The zero-order valence-corrected chi connectivity index (χ0v) is 16.9. The molecule has 4 heteroatoms. The van der Waals surface area contributed by atoms with Crippen molar-refractivity contribution in [1.82, 2.24) is 0 Å². The van der Waals surface area contributed by atoms with Gasteiger partial charge in [0.1, 0.15) is 6.61 Å². The summed E-state index contributed by atoms with van der Waals surface area (Å²) < 4.78 is 5.02. The summed E-state index contributed by atoms with van der Waals surface area (Å²) in [6.45, 7) is 6.00. The van der Waals surface area contributed by atoms with E-state index in [2.05, 4.69) is 13.8 Å². The molecule has 0 aromatic carbocycles. The van der Waals surface area contributed by atoms with E-state index in [9.17, 15) is 14.4 Å². The molecule has 0 spiro atoms. The molecule has 4 rings (SSSR count). The lowest BCUT2D eigenvalue weighted by molar-refractivity contribution is -0.149. The lowest BCUT2D eigenvalue weighted by Crippen LogP contribution is -2.51. The second kappa shape index (κ2) is 6.56. The molecule has 0 saturated heterocycles. The van der Waals surface area contributed by atoms with E-state index >= 15 is 0 Å². The fraction of sp³-hybridized carbons (Fsp3) is 0.783. The highest BCUT2D eigenvalue weighted by molar-refractivity contribution is 5.91. The van der Waals surface area contributed by atoms with Crippen molar-refractivity contribution in [3.63, 3.8) is 0 Å². The van der Waals surface area contributed by atoms with E-state index in [4.69, 9.17) is 4.74 Å². The molecule has 0 N–H and O–H groups in total. The SMILES string of the molecule is CC(=O)OCC(=O)[C@@H]1CC[C@@H]2[C@H]3CCC4=CC(=O)CC[C@]4(C)[C@@H]3CC[C@]21C. The van der Waals surface area contributed by atoms with Crippen molar-refractivity contribution in [2.45, 2.75) is 72.1 Å². The number of carbonyl (C=O) groups excluding carboxylic acids is 3. The highest BCUT2D eigenvalue weighted by atomic mass is 16.5. The Morgan fingerprint density at radius 1 is 1.07 bits per heavy atom. The van der Waals surface area contributed by atoms with Crippen LogP contribution in [0.3, 0.4) is 0 Å². The topological polar surface area (TPSA) is 60.4 Å². The number of fused-ring (bicyclic) bond motifs is 5. The number of Topliss-reactive ketones (excluding diaryl/α,β-unsaturated/α-hetero) is 1. The first kappa shape index (κ1) is 18.9. The Kier molecular flexibility index (Phi) is 4.59. The van der Waals surface area contributed by atoms with Gasteiger partial charge in [-0.15, -0.1) is 0 Å². The summed E-state index contributed by atoms with van der Waals surface area (Å²) >= 11 is 0. The third-order valence-electron chi connectivity index (χ3n) is 8.77. The molecule has 0 bridgehead atoms. The molecule has 6 atom stereocenters. The van der Waals surface area contributed by atoms with Crippen molar-refractivity contribution in [3.8, 4) is 0 Å². The number of hydrogen-bond acceptors (Lipinski definition) is 4. The number of ether oxygens (including phenoxy) is 1. The molecule has 0 heterocycles. The van der Waals surface area contributed by atoms with Gasteiger partial charge in [0.15, 0.2) is 11.6 Å². The van der Waals surface area contributed by atoms with Gasteiger partial charge < -0.3 is 4.74 Å². The molecule has 4 aliphatic rings. The second-order valence-electron chi connectivity index (χ2n) is 9.89. The maximum atomic E-state index is 12.8. The highest BCUT2D eigenvalue weighted by Crippen LogP contribution is 2.66. The first-order valence-electron chi connectivity index (χ1n) is 10.7. The van der Waals surface area contributed by atoms with Crippen LogP contribution < -0.4 is 0 Å². The van der Waals surface area contributed by atoms with E-state index in [-0.39, 0.29) is 35.1 Å². The Balaban J connectivity index is 1.56. The van der Waals surface area contributed by atoms with Gasteiger partial charge in [-0.1, -0.05) is 19.4 Å². The number of hydrogen-bond donors (Lipinski definition) is 0. The summed E-state index contributed by atoms with van der Waals surface area (Å²) in [5, 5.41) is 0. The Labute approximate surface area is 162 Å². The highest BCUT2D eigenvalue weighted by Gasteiger charge is 2.60. The van der Waals surface area contributed by atoms with Crippen LogP contribution in [0.25, 0.3) is 0 Å². The van der Waals surface area contributed by atoms with Crippen molar-refractivity contribution in [2.75, 3.05) is 6.61 Å². The van der Waals surface area contributed by atoms with Gasteiger partial charge in [0.2, 0.25) is 0 Å². The molecule has 0 aromatic heterocycles. The Bertz CT molecular complexity index is 707. The van der Waals surface area contributed by atoms with E-state index in [0.29, 0.717) is 30.0 Å². The third kappa shape index (κ3) is 2.91. The van der Waals surface area contributed by atoms with E-state index in [1.165, 1.54) is 12.5 Å². The first-order chi connectivity index (χ1) is 12.8. The van der Waals surface area contributed by atoms with Gasteiger partial charge in [-0.2, -0.15) is 0 Å². The van der Waals surface area contributed by atoms with Gasteiger partial charge in [-0.3, -0.25) is 14.4 Å². The van der Waals surface area contributed by atoms with E-state index in [1.807, 2.05) is 6.08 Å². The lowest BCUT2D eigenvalue weighted by atomic mass is 9.46. The van der Waals surface area contributed by atoms with Crippen LogP contribution in [0.4, 0.5) is 0 Å². The number of esters is 1. The van der Waals surface area contributed by atoms with Crippen molar-refractivity contribution in [3.05, 3.63) is 11.6 Å². The van der Waals surface area contributed by atoms with Crippen LogP contribution in [-0.4, -0.2) is 24.1 Å². The maximum Gasteiger partial charge on any atom is 0.303 e. The molecule has 0 aromatic rings. The molecule has 0 aliphatic heterocycles. The Morgan fingerprint density at radius 3 is 2.59 bits per heavy atom.